The van der Waals surface area contributed by atoms with Crippen LogP contribution < -0.4 is 19.5 Å². The summed E-state index contributed by atoms with van der Waals surface area (Å²) in [4.78, 5) is 14.1. The van der Waals surface area contributed by atoms with Crippen LogP contribution >= 0.6 is 8.58 Å². The topological polar surface area (TPSA) is 44.8 Å². The standard InChI is InChI=1S/C37H35O4P/c1-25-21-27(37(3,4)5)22-26(2)34(25)36(38)42-35-32(40-29-17-11-7-12-18-29)23-31(39-28-15-9-6-10-16-28)24-33(35)41-30-19-13-8-14-20-30/h6-24,42H,1-5H3. The van der Waals surface area contributed by atoms with E-state index in [0.29, 0.717) is 39.8 Å². The third-order valence-electron chi connectivity index (χ3n) is 6.82. The molecule has 0 fully saturated rings. The number of hydrogen-bond acceptors (Lipinski definition) is 4. The number of hydrogen-bond donors (Lipinski definition) is 0. The molecule has 0 amide bonds. The Hall–Kier alpha value is -4.40. The average molecular weight is 575 g/mol. The number of para-hydroxylation sites is 3. The number of ether oxygens (including phenoxy) is 3. The van der Waals surface area contributed by atoms with E-state index in [2.05, 4.69) is 32.9 Å². The monoisotopic (exact) mass is 574 g/mol. The predicted molar refractivity (Wildman–Crippen MR) is 173 cm³/mol. The second-order valence-electron chi connectivity index (χ2n) is 11.2. The summed E-state index contributed by atoms with van der Waals surface area (Å²) in [5.41, 5.74) is 3.90. The molecule has 5 aromatic rings. The predicted octanol–water partition coefficient (Wildman–Crippen LogP) is 10.1. The van der Waals surface area contributed by atoms with Gasteiger partial charge in [0.05, 0.1) is 5.30 Å². The average Bonchev–Trinajstić information content (AvgIpc) is 2.95. The van der Waals surface area contributed by atoms with Gasteiger partial charge in [-0.25, -0.2) is 0 Å². The number of carbonyl (C=O) groups excluding carboxylic acids is 1. The first kappa shape index (κ1) is 29.1. The van der Waals surface area contributed by atoms with Crippen molar-refractivity contribution >= 4 is 19.4 Å². The lowest BCUT2D eigenvalue weighted by molar-refractivity contribution is 0.108. The Morgan fingerprint density at radius 3 is 1.38 bits per heavy atom. The zero-order valence-electron chi connectivity index (χ0n) is 24.6. The Balaban J connectivity index is 1.61. The van der Waals surface area contributed by atoms with Crippen molar-refractivity contribution in [2.75, 3.05) is 0 Å². The van der Waals surface area contributed by atoms with E-state index in [0.717, 1.165) is 16.7 Å². The molecule has 1 unspecified atom stereocenters. The molecule has 42 heavy (non-hydrogen) atoms. The SMILES string of the molecule is Cc1cc(C(C)(C)C)cc(C)c1C(=O)Pc1c(Oc2ccccc2)cc(Oc2ccccc2)cc1Oc1ccccc1. The molecule has 5 aromatic carbocycles. The second-order valence-corrected chi connectivity index (χ2v) is 12.4. The smallest absolute Gasteiger partial charge is 0.186 e. The molecule has 0 spiro atoms. The van der Waals surface area contributed by atoms with Gasteiger partial charge in [0, 0.05) is 17.7 Å². The van der Waals surface area contributed by atoms with Crippen LogP contribution in [0.25, 0.3) is 0 Å². The van der Waals surface area contributed by atoms with E-state index >= 15 is 0 Å². The molecule has 5 rings (SSSR count). The van der Waals surface area contributed by atoms with Crippen molar-refractivity contribution in [3.8, 4) is 34.5 Å². The Morgan fingerprint density at radius 2 is 0.976 bits per heavy atom. The van der Waals surface area contributed by atoms with Gasteiger partial charge in [-0.1, -0.05) is 87.5 Å². The van der Waals surface area contributed by atoms with Gasteiger partial charge in [-0.15, -0.1) is 0 Å². The van der Waals surface area contributed by atoms with Gasteiger partial charge in [-0.3, -0.25) is 4.79 Å². The summed E-state index contributed by atoms with van der Waals surface area (Å²) in [5, 5.41) is 0.673. The van der Waals surface area contributed by atoms with Crippen LogP contribution in [0.4, 0.5) is 0 Å². The van der Waals surface area contributed by atoms with Crippen LogP contribution in [0.1, 0.15) is 47.8 Å². The Morgan fingerprint density at radius 1 is 0.571 bits per heavy atom. The Bertz CT molecular complexity index is 1590. The first-order valence-corrected chi connectivity index (χ1v) is 15.0. The molecule has 5 heteroatoms. The van der Waals surface area contributed by atoms with Crippen LogP contribution in [0.5, 0.6) is 34.5 Å². The highest BCUT2D eigenvalue weighted by molar-refractivity contribution is 7.66. The van der Waals surface area contributed by atoms with Crippen LogP contribution in [0.3, 0.4) is 0 Å². The maximum Gasteiger partial charge on any atom is 0.186 e. The molecule has 0 N–H and O–H groups in total. The summed E-state index contributed by atoms with van der Waals surface area (Å²) in [6.45, 7) is 10.6. The summed E-state index contributed by atoms with van der Waals surface area (Å²) in [6, 6.07) is 36.5. The normalized spacial score (nSPS) is 11.5. The van der Waals surface area contributed by atoms with E-state index in [-0.39, 0.29) is 19.5 Å². The third-order valence-corrected chi connectivity index (χ3v) is 8.04. The van der Waals surface area contributed by atoms with E-state index in [1.54, 1.807) is 0 Å². The lowest BCUT2D eigenvalue weighted by atomic mass is 9.84. The molecule has 0 heterocycles. The zero-order valence-corrected chi connectivity index (χ0v) is 25.6. The Kier molecular flexibility index (Phi) is 8.75. The molecule has 0 aliphatic heterocycles. The zero-order chi connectivity index (χ0) is 29.7. The second kappa shape index (κ2) is 12.6. The minimum atomic E-state index is -0.247. The third kappa shape index (κ3) is 7.08. The minimum Gasteiger partial charge on any atom is -0.457 e. The van der Waals surface area contributed by atoms with Crippen LogP contribution in [0.15, 0.2) is 115 Å². The van der Waals surface area contributed by atoms with E-state index in [9.17, 15) is 4.79 Å². The van der Waals surface area contributed by atoms with Gasteiger partial charge in [0.2, 0.25) is 0 Å². The molecule has 0 radical (unpaired) electrons. The van der Waals surface area contributed by atoms with Crippen molar-refractivity contribution in [2.45, 2.75) is 40.0 Å². The minimum absolute atomic E-state index is 0.0125. The molecule has 4 nitrogen and oxygen atoms in total. The summed E-state index contributed by atoms with van der Waals surface area (Å²) in [5.74, 6) is 3.55. The molecular weight excluding hydrogens is 539 g/mol. The van der Waals surface area contributed by atoms with Crippen LogP contribution in [-0.2, 0) is 5.41 Å². The first-order valence-electron chi connectivity index (χ1n) is 14.0. The van der Waals surface area contributed by atoms with Crippen molar-refractivity contribution in [3.63, 3.8) is 0 Å². The number of carbonyl (C=O) groups is 1. The van der Waals surface area contributed by atoms with Crippen molar-refractivity contribution in [3.05, 3.63) is 138 Å². The quantitative estimate of drug-likeness (QED) is 0.164. The lowest BCUT2D eigenvalue weighted by Crippen LogP contribution is -2.14. The van der Waals surface area contributed by atoms with Gasteiger partial charge in [-0.05, 0) is 80.9 Å². The van der Waals surface area contributed by atoms with Crippen molar-refractivity contribution < 1.29 is 19.0 Å². The van der Waals surface area contributed by atoms with Crippen LogP contribution in [0.2, 0.25) is 0 Å². The molecule has 0 aliphatic carbocycles. The largest absolute Gasteiger partial charge is 0.457 e. The van der Waals surface area contributed by atoms with Crippen LogP contribution in [-0.4, -0.2) is 5.52 Å². The van der Waals surface area contributed by atoms with E-state index < -0.39 is 0 Å². The summed E-state index contributed by atoms with van der Waals surface area (Å²) < 4.78 is 19.1. The van der Waals surface area contributed by atoms with Crippen molar-refractivity contribution in [1.29, 1.82) is 0 Å². The summed E-state index contributed by atoms with van der Waals surface area (Å²) in [6.07, 6.45) is 0. The van der Waals surface area contributed by atoms with E-state index in [1.807, 2.05) is 117 Å². The number of benzene rings is 5. The number of rotatable bonds is 9. The molecule has 0 bridgehead atoms. The fourth-order valence-electron chi connectivity index (χ4n) is 4.70. The van der Waals surface area contributed by atoms with Crippen molar-refractivity contribution in [2.24, 2.45) is 0 Å². The van der Waals surface area contributed by atoms with Crippen molar-refractivity contribution in [1.82, 2.24) is 0 Å². The molecule has 212 valence electrons. The highest BCUT2D eigenvalue weighted by Crippen LogP contribution is 2.40. The van der Waals surface area contributed by atoms with Gasteiger partial charge < -0.3 is 14.2 Å². The highest BCUT2D eigenvalue weighted by atomic mass is 31.1. The molecule has 0 saturated heterocycles. The van der Waals surface area contributed by atoms with Crippen LogP contribution in [0, 0.1) is 13.8 Å². The maximum absolute atomic E-state index is 14.1. The highest BCUT2D eigenvalue weighted by Gasteiger charge is 2.24. The lowest BCUT2D eigenvalue weighted by Gasteiger charge is -2.22. The summed E-state index contributed by atoms with van der Waals surface area (Å²) >= 11 is 0. The van der Waals surface area contributed by atoms with Gasteiger partial charge in [0.25, 0.3) is 0 Å². The molecule has 0 aromatic heterocycles. The molecule has 1 atom stereocenters. The van der Waals surface area contributed by atoms with E-state index in [1.165, 1.54) is 5.56 Å². The molecular formula is C37H35O4P. The van der Waals surface area contributed by atoms with Gasteiger partial charge in [0.1, 0.15) is 34.5 Å². The number of aryl methyl sites for hydroxylation is 2. The molecule has 0 aliphatic rings. The first-order chi connectivity index (χ1) is 20.2. The maximum atomic E-state index is 14.1. The van der Waals surface area contributed by atoms with Gasteiger partial charge in [0.15, 0.2) is 5.52 Å². The Labute approximate surface area is 250 Å². The van der Waals surface area contributed by atoms with E-state index in [4.69, 9.17) is 14.2 Å². The fraction of sp³-hybridized carbons (Fsp3) is 0.162. The summed E-state index contributed by atoms with van der Waals surface area (Å²) in [7, 11) is -0.247. The fourth-order valence-corrected chi connectivity index (χ4v) is 5.93. The van der Waals surface area contributed by atoms with Gasteiger partial charge in [-0.2, -0.15) is 0 Å². The molecule has 0 saturated carbocycles. The van der Waals surface area contributed by atoms with Gasteiger partial charge >= 0.3 is 0 Å².